The second-order valence-corrected chi connectivity index (χ2v) is 7.28. The van der Waals surface area contributed by atoms with Gasteiger partial charge in [0.05, 0.1) is 17.5 Å². The van der Waals surface area contributed by atoms with Gasteiger partial charge in [0, 0.05) is 23.6 Å². The lowest BCUT2D eigenvalue weighted by Crippen LogP contribution is -2.21. The number of aromatic nitrogens is 3. The van der Waals surface area contributed by atoms with Crippen molar-refractivity contribution in [3.05, 3.63) is 82.1 Å². The molecule has 0 spiro atoms. The van der Waals surface area contributed by atoms with Crippen LogP contribution in [0.5, 0.6) is 0 Å². The Kier molecular flexibility index (Phi) is 5.48. The Morgan fingerprint density at radius 1 is 1.10 bits per heavy atom. The van der Waals surface area contributed by atoms with E-state index >= 15 is 0 Å². The van der Waals surface area contributed by atoms with Crippen LogP contribution in [0.15, 0.2) is 59.4 Å². The highest BCUT2D eigenvalue weighted by Crippen LogP contribution is 2.30. The first-order valence-electron chi connectivity index (χ1n) is 9.72. The van der Waals surface area contributed by atoms with Crippen LogP contribution in [0.4, 0.5) is 14.7 Å². The van der Waals surface area contributed by atoms with Crippen LogP contribution in [0.2, 0.25) is 0 Å². The Hall–Kier alpha value is -3.65. The normalized spacial score (nSPS) is 12.2. The van der Waals surface area contributed by atoms with Crippen LogP contribution in [-0.2, 0) is 0 Å². The molecule has 4 aromatic rings. The molecule has 0 radical (unpaired) electrons. The first kappa shape index (κ1) is 20.6. The van der Waals surface area contributed by atoms with E-state index in [1.54, 1.807) is 32.0 Å². The van der Waals surface area contributed by atoms with Crippen molar-refractivity contribution in [1.82, 2.24) is 14.5 Å². The second kappa shape index (κ2) is 8.23. The van der Waals surface area contributed by atoms with Crippen LogP contribution in [-0.4, -0.2) is 32.3 Å². The van der Waals surface area contributed by atoms with E-state index in [2.05, 4.69) is 15.3 Å². The quantitative estimate of drug-likeness (QED) is 0.511. The van der Waals surface area contributed by atoms with Crippen LogP contribution in [0.25, 0.3) is 28.0 Å². The van der Waals surface area contributed by atoms with E-state index in [0.717, 1.165) is 0 Å². The largest absolute Gasteiger partial charge is 0.392 e. The van der Waals surface area contributed by atoms with E-state index in [1.807, 2.05) is 0 Å². The van der Waals surface area contributed by atoms with Gasteiger partial charge in [0.15, 0.2) is 5.65 Å². The summed E-state index contributed by atoms with van der Waals surface area (Å²) in [7, 11) is 0. The smallest absolute Gasteiger partial charge is 0.256 e. The Balaban J connectivity index is 2.07. The molecule has 158 valence electrons. The molecule has 0 unspecified atom stereocenters. The first-order valence-corrected chi connectivity index (χ1v) is 9.72. The Morgan fingerprint density at radius 3 is 2.58 bits per heavy atom. The number of fused-ring (bicyclic) bond motifs is 1. The van der Waals surface area contributed by atoms with E-state index in [1.165, 1.54) is 41.0 Å². The third-order valence-electron chi connectivity index (χ3n) is 4.84. The number of aliphatic hydroxyl groups excluding tert-OH is 1. The van der Waals surface area contributed by atoms with Crippen LogP contribution >= 0.6 is 0 Å². The minimum absolute atomic E-state index is 0.0556. The molecule has 31 heavy (non-hydrogen) atoms. The molecule has 1 atom stereocenters. The highest BCUT2D eigenvalue weighted by atomic mass is 19.1. The van der Waals surface area contributed by atoms with Crippen molar-refractivity contribution >= 4 is 17.0 Å². The number of pyridine rings is 1. The summed E-state index contributed by atoms with van der Waals surface area (Å²) in [5.41, 5.74) is 1.54. The predicted molar refractivity (Wildman–Crippen MR) is 115 cm³/mol. The van der Waals surface area contributed by atoms with Crippen LogP contribution in [0.3, 0.4) is 0 Å². The molecule has 0 fully saturated rings. The molecule has 2 aromatic carbocycles. The summed E-state index contributed by atoms with van der Waals surface area (Å²) >= 11 is 0. The minimum Gasteiger partial charge on any atom is -0.392 e. The Labute approximate surface area is 176 Å². The predicted octanol–water partition coefficient (Wildman–Crippen LogP) is 3.83. The third kappa shape index (κ3) is 4.02. The molecule has 0 aliphatic rings. The minimum atomic E-state index is -0.667. The summed E-state index contributed by atoms with van der Waals surface area (Å²) in [4.78, 5) is 21.8. The van der Waals surface area contributed by atoms with Gasteiger partial charge in [-0.2, -0.15) is 4.98 Å². The highest BCUT2D eigenvalue weighted by molar-refractivity contribution is 5.92. The maximum Gasteiger partial charge on any atom is 0.256 e. The number of aliphatic hydroxyl groups is 1. The number of nitrogens with one attached hydrogen (secondary N) is 1. The summed E-state index contributed by atoms with van der Waals surface area (Å²) in [6.45, 7) is 3.53. The standard InChI is InChI=1S/C23H20F2N4O2/c1-13-11-15(24)7-8-16(13)21-17-9-10-20(31)29(19-6-4-3-5-18(19)25)22(17)28-23(27-21)26-12-14(2)30/h3-11,14,30H,12H2,1-2H3,(H,26,27,28)/t14-/m0/s1. The fraction of sp³-hybridized carbons (Fsp3) is 0.174. The zero-order valence-corrected chi connectivity index (χ0v) is 16.9. The van der Waals surface area contributed by atoms with Crippen LogP contribution < -0.4 is 10.9 Å². The molecule has 0 aliphatic heterocycles. The maximum absolute atomic E-state index is 14.6. The van der Waals surface area contributed by atoms with Gasteiger partial charge in [-0.25, -0.2) is 13.8 Å². The number of aryl methyl sites for hydroxylation is 1. The fourth-order valence-corrected chi connectivity index (χ4v) is 3.40. The molecule has 2 heterocycles. The first-order chi connectivity index (χ1) is 14.8. The average molecular weight is 422 g/mol. The molecule has 4 rings (SSSR count). The Bertz CT molecular complexity index is 1340. The topological polar surface area (TPSA) is 80.0 Å². The zero-order chi connectivity index (χ0) is 22.1. The van der Waals surface area contributed by atoms with Gasteiger partial charge in [-0.3, -0.25) is 9.36 Å². The third-order valence-corrected chi connectivity index (χ3v) is 4.84. The number of hydrogen-bond acceptors (Lipinski definition) is 5. The fourth-order valence-electron chi connectivity index (χ4n) is 3.40. The number of nitrogens with zero attached hydrogens (tertiary/aromatic N) is 3. The van der Waals surface area contributed by atoms with E-state index in [-0.39, 0.29) is 29.6 Å². The van der Waals surface area contributed by atoms with Crippen molar-refractivity contribution in [2.45, 2.75) is 20.0 Å². The van der Waals surface area contributed by atoms with E-state index in [0.29, 0.717) is 22.2 Å². The summed E-state index contributed by atoms with van der Waals surface area (Å²) in [6.07, 6.45) is -0.667. The number of rotatable bonds is 5. The molecule has 0 saturated heterocycles. The number of para-hydroxylation sites is 1. The molecular weight excluding hydrogens is 402 g/mol. The summed E-state index contributed by atoms with van der Waals surface area (Å²) < 4.78 is 29.4. The van der Waals surface area contributed by atoms with Crippen molar-refractivity contribution in [2.75, 3.05) is 11.9 Å². The molecule has 2 N–H and O–H groups in total. The molecule has 0 aliphatic carbocycles. The van der Waals surface area contributed by atoms with Crippen molar-refractivity contribution in [3.8, 4) is 16.9 Å². The zero-order valence-electron chi connectivity index (χ0n) is 16.9. The number of halogens is 2. The lowest BCUT2D eigenvalue weighted by Gasteiger charge is -2.16. The van der Waals surface area contributed by atoms with E-state index < -0.39 is 17.5 Å². The van der Waals surface area contributed by atoms with E-state index in [9.17, 15) is 18.7 Å². The summed E-state index contributed by atoms with van der Waals surface area (Å²) in [6, 6.07) is 13.1. The van der Waals surface area contributed by atoms with Gasteiger partial charge < -0.3 is 10.4 Å². The van der Waals surface area contributed by atoms with Gasteiger partial charge >= 0.3 is 0 Å². The summed E-state index contributed by atoms with van der Waals surface area (Å²) in [5, 5.41) is 13.1. The van der Waals surface area contributed by atoms with Gasteiger partial charge in [0.25, 0.3) is 5.56 Å². The van der Waals surface area contributed by atoms with Gasteiger partial charge in [-0.1, -0.05) is 12.1 Å². The SMILES string of the molecule is Cc1cc(F)ccc1-c1nc(NC[C@H](C)O)nc2c1ccc(=O)n2-c1ccccc1F. The monoisotopic (exact) mass is 422 g/mol. The van der Waals surface area contributed by atoms with Gasteiger partial charge in [-0.15, -0.1) is 0 Å². The molecule has 2 aromatic heterocycles. The maximum atomic E-state index is 14.6. The lowest BCUT2D eigenvalue weighted by molar-refractivity contribution is 0.208. The molecule has 0 amide bonds. The van der Waals surface area contributed by atoms with Crippen molar-refractivity contribution in [3.63, 3.8) is 0 Å². The van der Waals surface area contributed by atoms with Gasteiger partial charge in [0.2, 0.25) is 5.95 Å². The molecular formula is C23H20F2N4O2. The highest BCUT2D eigenvalue weighted by Gasteiger charge is 2.18. The summed E-state index contributed by atoms with van der Waals surface area (Å²) in [5.74, 6) is -0.799. The number of anilines is 1. The molecule has 8 heteroatoms. The molecule has 6 nitrogen and oxygen atoms in total. The molecule has 0 saturated carbocycles. The molecule has 0 bridgehead atoms. The number of benzene rings is 2. The van der Waals surface area contributed by atoms with Crippen LogP contribution in [0, 0.1) is 18.6 Å². The second-order valence-electron chi connectivity index (χ2n) is 7.28. The van der Waals surface area contributed by atoms with Gasteiger partial charge in [0.1, 0.15) is 11.6 Å². The van der Waals surface area contributed by atoms with Crippen molar-refractivity contribution in [2.24, 2.45) is 0 Å². The van der Waals surface area contributed by atoms with Crippen LogP contribution in [0.1, 0.15) is 12.5 Å². The lowest BCUT2D eigenvalue weighted by atomic mass is 10.0. The van der Waals surface area contributed by atoms with E-state index in [4.69, 9.17) is 0 Å². The van der Waals surface area contributed by atoms with Crippen molar-refractivity contribution in [1.29, 1.82) is 0 Å². The van der Waals surface area contributed by atoms with Gasteiger partial charge in [-0.05, 0) is 55.8 Å². The Morgan fingerprint density at radius 2 is 1.87 bits per heavy atom. The van der Waals surface area contributed by atoms with Crippen molar-refractivity contribution < 1.29 is 13.9 Å². The number of hydrogen-bond donors (Lipinski definition) is 2. The average Bonchev–Trinajstić information content (AvgIpc) is 2.72.